The number of carbonyl (C=O) groups is 2. The first-order chi connectivity index (χ1) is 32.9. The Kier molecular flexibility index (Phi) is 20.3. The number of aliphatic hydroxyl groups is 5. The molecule has 0 aromatic heterocycles. The number of methoxy groups -OCH3 is 2. The van der Waals surface area contributed by atoms with Crippen LogP contribution in [-0.4, -0.2) is 185 Å². The van der Waals surface area contributed by atoms with Crippen LogP contribution in [0, 0.1) is 23.7 Å². The first kappa shape index (κ1) is 57.6. The first-order valence-corrected chi connectivity index (χ1v) is 25.2. The molecule has 0 spiro atoms. The van der Waals surface area contributed by atoms with Gasteiger partial charge in [-0.1, -0.05) is 38.9 Å². The molecule has 5 rings (SSSR count). The van der Waals surface area contributed by atoms with Crippen molar-refractivity contribution in [2.45, 2.75) is 192 Å². The summed E-state index contributed by atoms with van der Waals surface area (Å²) in [4.78, 5) is 38.2. The van der Waals surface area contributed by atoms with Gasteiger partial charge in [-0.2, -0.15) is 0 Å². The van der Waals surface area contributed by atoms with E-state index in [2.05, 4.69) is 10.1 Å². The molecule has 18 nitrogen and oxygen atoms in total. The summed E-state index contributed by atoms with van der Waals surface area (Å²) < 4.78 is 43.5. The summed E-state index contributed by atoms with van der Waals surface area (Å²) in [6.07, 6.45) is -4.72. The van der Waals surface area contributed by atoms with Gasteiger partial charge in [0.1, 0.15) is 36.3 Å². The maximum atomic E-state index is 14.6. The quantitative estimate of drug-likeness (QED) is 0.0751. The van der Waals surface area contributed by atoms with Crippen LogP contribution in [-0.2, 0) is 38.1 Å². The molecule has 1 aromatic rings. The molecular formula is C52H85N3O15. The van der Waals surface area contributed by atoms with Gasteiger partial charge < -0.3 is 68.4 Å². The molecule has 4 aliphatic heterocycles. The summed E-state index contributed by atoms with van der Waals surface area (Å²) in [5, 5.41) is 65.2. The van der Waals surface area contributed by atoms with E-state index in [-0.39, 0.29) is 38.2 Å². The molecule has 0 unspecified atom stereocenters. The zero-order valence-electron chi connectivity index (χ0n) is 43.9. The SMILES string of the molecule is CC[C@H]1OC(=O)[C@H](C)[C@@H](O[C@H]2C[C@@](C)(OC)[C@@H](O)[C@H](C)O2)[C@H](C)[C@@H](O[C@@H]2O[C@H](C)C[C@H](N(C)C(=O)c3ccc(OC)cc3)[C@H]2O)[C@@](C)(O)C[C@@H](C)/C(=N\OC/C=C/CN2CCCC2)[C@H](C)[C@@H](O)[C@]1(C)O. The first-order valence-electron chi connectivity index (χ1n) is 25.2. The Hall–Kier alpha value is -3.27. The van der Waals surface area contributed by atoms with Crippen molar-refractivity contribution in [2.24, 2.45) is 28.8 Å². The Morgan fingerprint density at radius 2 is 1.57 bits per heavy atom. The van der Waals surface area contributed by atoms with Crippen LogP contribution in [0.25, 0.3) is 0 Å². The standard InChI is InChI=1S/C52H85N3O15/c1-14-39-52(10,62)44(57)32(4)41(53-65-26-18-17-25-55-23-15-16-24-55)30(2)28-50(8,61)46(33(5)43(34(6)48(60)68-39)69-40-29-51(9,64-13)45(58)35(7)67-40)70-49-42(56)38(27-31(3)66-49)54(11)47(59)36-19-21-37(63-12)22-20-36/h17-22,30-35,38-40,42-46,49,56-58,61-62H,14-16,23-29H2,1-13H3/b18-17+,53-41+/t30-,31-,32+,33+,34-,35+,38+,39-,40+,42-,43+,44-,45+,46-,49+,50+,51-,52-/m1/s1. The molecule has 1 amide bonds. The van der Waals surface area contributed by atoms with Crippen LogP contribution in [0.4, 0.5) is 0 Å². The van der Waals surface area contributed by atoms with Crippen LogP contribution in [0.2, 0.25) is 0 Å². The number of likely N-dealkylation sites (tertiary alicyclic amines) is 1. The molecule has 0 radical (unpaired) electrons. The van der Waals surface area contributed by atoms with Gasteiger partial charge in [0.15, 0.2) is 12.6 Å². The Labute approximate surface area is 415 Å². The molecule has 4 saturated heterocycles. The fourth-order valence-corrected chi connectivity index (χ4v) is 11.0. The van der Waals surface area contributed by atoms with Crippen LogP contribution >= 0.6 is 0 Å². The van der Waals surface area contributed by atoms with E-state index in [1.165, 1.54) is 38.9 Å². The average molecular weight is 992 g/mol. The predicted molar refractivity (Wildman–Crippen MR) is 261 cm³/mol. The summed E-state index contributed by atoms with van der Waals surface area (Å²) in [6.45, 7) is 19.9. The number of benzene rings is 1. The van der Waals surface area contributed by atoms with Gasteiger partial charge in [-0.3, -0.25) is 14.5 Å². The number of hydrogen-bond donors (Lipinski definition) is 5. The van der Waals surface area contributed by atoms with Crippen molar-refractivity contribution < 1.29 is 73.1 Å². The summed E-state index contributed by atoms with van der Waals surface area (Å²) in [5.74, 6) is -4.12. The lowest BCUT2D eigenvalue weighted by Gasteiger charge is -2.49. The summed E-state index contributed by atoms with van der Waals surface area (Å²) in [7, 11) is 4.63. The van der Waals surface area contributed by atoms with Gasteiger partial charge >= 0.3 is 5.97 Å². The molecule has 0 bridgehead atoms. The van der Waals surface area contributed by atoms with Crippen LogP contribution in [0.3, 0.4) is 0 Å². The Morgan fingerprint density at radius 1 is 0.914 bits per heavy atom. The predicted octanol–water partition coefficient (Wildman–Crippen LogP) is 4.46. The van der Waals surface area contributed by atoms with Crippen LogP contribution in [0.15, 0.2) is 41.6 Å². The Bertz CT molecular complexity index is 1890. The average Bonchev–Trinajstić information content (AvgIpc) is 3.85. The van der Waals surface area contributed by atoms with Gasteiger partial charge in [0.05, 0.1) is 66.5 Å². The van der Waals surface area contributed by atoms with Gasteiger partial charge in [0.25, 0.3) is 5.91 Å². The van der Waals surface area contributed by atoms with Crippen molar-refractivity contribution in [3.05, 3.63) is 42.0 Å². The number of likely N-dealkylation sites (N-methyl/N-ethyl adjacent to an activating group) is 1. The topological polar surface area (TPSA) is 228 Å². The molecule has 4 fully saturated rings. The number of oxime groups is 1. The van der Waals surface area contributed by atoms with Gasteiger partial charge in [0, 0.05) is 50.4 Å². The second-order valence-corrected chi connectivity index (χ2v) is 21.0. The van der Waals surface area contributed by atoms with E-state index in [0.29, 0.717) is 17.0 Å². The van der Waals surface area contributed by atoms with Crippen molar-refractivity contribution in [3.8, 4) is 5.75 Å². The van der Waals surface area contributed by atoms with Crippen LogP contribution in [0.1, 0.15) is 118 Å². The number of cyclic esters (lactones) is 1. The summed E-state index contributed by atoms with van der Waals surface area (Å²) >= 11 is 0. The highest BCUT2D eigenvalue weighted by atomic mass is 16.7. The van der Waals surface area contributed by atoms with E-state index < -0.39 is 114 Å². The Balaban J connectivity index is 1.58. The van der Waals surface area contributed by atoms with E-state index in [4.69, 9.17) is 38.0 Å². The lowest BCUT2D eigenvalue weighted by molar-refractivity contribution is -0.317. The van der Waals surface area contributed by atoms with Gasteiger partial charge in [-0.25, -0.2) is 0 Å². The fourth-order valence-electron chi connectivity index (χ4n) is 11.0. The molecule has 5 N–H and O–H groups in total. The van der Waals surface area contributed by atoms with Crippen LogP contribution in [0.5, 0.6) is 5.75 Å². The monoisotopic (exact) mass is 992 g/mol. The number of amides is 1. The molecule has 70 heavy (non-hydrogen) atoms. The molecule has 4 aliphatic rings. The minimum absolute atomic E-state index is 0.0563. The molecule has 18 heteroatoms. The van der Waals surface area contributed by atoms with Crippen LogP contribution < -0.4 is 4.74 Å². The lowest BCUT2D eigenvalue weighted by atomic mass is 9.73. The molecule has 398 valence electrons. The smallest absolute Gasteiger partial charge is 0.311 e. The normalized spacial score (nSPS) is 41.3. The fraction of sp³-hybridized carbons (Fsp3) is 0.788. The van der Waals surface area contributed by atoms with Crippen molar-refractivity contribution in [2.75, 3.05) is 47.5 Å². The van der Waals surface area contributed by atoms with Crippen molar-refractivity contribution in [3.63, 3.8) is 0 Å². The minimum atomic E-state index is -1.98. The van der Waals surface area contributed by atoms with Gasteiger partial charge in [-0.05, 0) is 117 Å². The highest BCUT2D eigenvalue weighted by Gasteiger charge is 2.54. The van der Waals surface area contributed by atoms with E-state index in [9.17, 15) is 35.1 Å². The van der Waals surface area contributed by atoms with E-state index >= 15 is 0 Å². The molecule has 0 aliphatic carbocycles. The Morgan fingerprint density at radius 3 is 2.19 bits per heavy atom. The maximum Gasteiger partial charge on any atom is 0.311 e. The number of rotatable bonds is 14. The third kappa shape index (κ3) is 13.5. The van der Waals surface area contributed by atoms with E-state index in [0.717, 1.165) is 19.6 Å². The highest BCUT2D eigenvalue weighted by Crippen LogP contribution is 2.41. The number of esters is 1. The molecule has 18 atom stereocenters. The number of nitrogens with zero attached hydrogens (tertiary/aromatic N) is 3. The van der Waals surface area contributed by atoms with Crippen molar-refractivity contribution in [1.82, 2.24) is 9.80 Å². The lowest BCUT2D eigenvalue weighted by Crippen LogP contribution is -2.61. The molecular weight excluding hydrogens is 907 g/mol. The zero-order valence-corrected chi connectivity index (χ0v) is 43.9. The second-order valence-electron chi connectivity index (χ2n) is 21.0. The second kappa shape index (κ2) is 24.6. The third-order valence-corrected chi connectivity index (χ3v) is 15.4. The zero-order chi connectivity index (χ0) is 51.9. The van der Waals surface area contributed by atoms with Gasteiger partial charge in [-0.15, -0.1) is 0 Å². The summed E-state index contributed by atoms with van der Waals surface area (Å²) in [6, 6.07) is 5.86. The third-order valence-electron chi connectivity index (χ3n) is 15.4. The molecule has 4 heterocycles. The number of carbonyl (C=O) groups excluding carboxylic acids is 2. The maximum absolute atomic E-state index is 14.6. The number of hydrogen-bond acceptors (Lipinski definition) is 17. The van der Waals surface area contributed by atoms with Crippen molar-refractivity contribution >= 4 is 17.6 Å². The molecule has 0 saturated carbocycles. The van der Waals surface area contributed by atoms with Crippen molar-refractivity contribution in [1.29, 1.82) is 0 Å². The minimum Gasteiger partial charge on any atom is -0.497 e. The summed E-state index contributed by atoms with van der Waals surface area (Å²) in [5.41, 5.74) is -4.23. The molecule has 1 aromatic carbocycles. The van der Waals surface area contributed by atoms with E-state index in [1.807, 2.05) is 19.1 Å². The number of ether oxygens (including phenoxy) is 7. The highest BCUT2D eigenvalue weighted by molar-refractivity contribution is 5.94. The number of aliphatic hydroxyl groups excluding tert-OH is 3. The largest absolute Gasteiger partial charge is 0.497 e. The van der Waals surface area contributed by atoms with E-state index in [1.54, 1.807) is 86.7 Å². The van der Waals surface area contributed by atoms with Gasteiger partial charge in [0.2, 0.25) is 0 Å².